The third kappa shape index (κ3) is 42.2. The molecule has 0 aliphatic carbocycles. The number of ether oxygens (including phenoxy) is 13. The summed E-state index contributed by atoms with van der Waals surface area (Å²) in [5.41, 5.74) is 0. The second-order valence-electron chi connectivity index (χ2n) is 9.00. The van der Waals surface area contributed by atoms with Crippen molar-refractivity contribution in [2.24, 2.45) is 0 Å². The van der Waals surface area contributed by atoms with Crippen LogP contribution in [0.2, 0.25) is 0 Å². The molecule has 0 aliphatic rings. The van der Waals surface area contributed by atoms with E-state index in [4.69, 9.17) is 61.6 Å². The number of unbranched alkanes of at least 4 members (excludes halogenated alkanes) is 1. The summed E-state index contributed by atoms with van der Waals surface area (Å²) in [6.45, 7) is 16.8. The van der Waals surface area contributed by atoms with Crippen molar-refractivity contribution in [3.8, 4) is 0 Å². The smallest absolute Gasteiger partial charge is 0.0701 e. The van der Waals surface area contributed by atoms with E-state index in [0.29, 0.717) is 159 Å². The number of halogens is 1. The van der Waals surface area contributed by atoms with Gasteiger partial charge in [-0.15, -0.1) is 0 Å². The Kier molecular flexibility index (Phi) is 43.4. The Bertz CT molecular complexity index is 456. The van der Waals surface area contributed by atoms with Crippen molar-refractivity contribution in [1.29, 1.82) is 0 Å². The summed E-state index contributed by atoms with van der Waals surface area (Å²) in [6.07, 6.45) is 2.24. The zero-order chi connectivity index (χ0) is 31.7. The predicted octanol–water partition coefficient (Wildman–Crippen LogP) is 2.44. The van der Waals surface area contributed by atoms with E-state index < -0.39 is 0 Å². The second kappa shape index (κ2) is 43.2. The van der Waals surface area contributed by atoms with Crippen LogP contribution < -0.4 is 0 Å². The van der Waals surface area contributed by atoms with Crippen LogP contribution in [0.25, 0.3) is 0 Å². The highest BCUT2D eigenvalue weighted by Crippen LogP contribution is 1.89. The Morgan fingerprint density at radius 2 is 0.409 bits per heavy atom. The molecule has 0 saturated heterocycles. The number of hydrogen-bond acceptors (Lipinski definition) is 13. The maximum atomic E-state index is 5.48. The molecule has 13 nitrogen and oxygen atoms in total. The highest BCUT2D eigenvalue weighted by molar-refractivity contribution is 14.1. The topological polar surface area (TPSA) is 120 Å². The molecule has 0 atom stereocenters. The quantitative estimate of drug-likeness (QED) is 0.0517. The van der Waals surface area contributed by atoms with Crippen molar-refractivity contribution >= 4 is 22.6 Å². The largest absolute Gasteiger partial charge is 0.379 e. The van der Waals surface area contributed by atoms with Crippen LogP contribution >= 0.6 is 22.6 Å². The van der Waals surface area contributed by atoms with Gasteiger partial charge in [0, 0.05) is 11.0 Å². The van der Waals surface area contributed by atoms with Gasteiger partial charge in [0.15, 0.2) is 0 Å². The van der Waals surface area contributed by atoms with Crippen LogP contribution in [0.4, 0.5) is 0 Å². The van der Waals surface area contributed by atoms with E-state index >= 15 is 0 Å². The Morgan fingerprint density at radius 1 is 0.250 bits per heavy atom. The van der Waals surface area contributed by atoms with E-state index in [9.17, 15) is 0 Å². The summed E-state index contributed by atoms with van der Waals surface area (Å²) in [5.74, 6) is 0. The van der Waals surface area contributed by atoms with E-state index in [2.05, 4.69) is 29.5 Å². The lowest BCUT2D eigenvalue weighted by atomic mass is 10.4. The molecule has 266 valence electrons. The van der Waals surface area contributed by atoms with Gasteiger partial charge in [0.1, 0.15) is 0 Å². The second-order valence-corrected chi connectivity index (χ2v) is 10.1. The van der Waals surface area contributed by atoms with Gasteiger partial charge in [-0.25, -0.2) is 0 Å². The standard InChI is InChI=1S/C30H61IO13/c1-2-3-5-32-7-9-34-11-13-36-15-17-38-19-21-40-23-25-42-27-29-44-30-28-43-26-24-41-22-20-39-18-16-37-14-12-35-10-8-33-6-4-31/h2-30H2,1H3. The Morgan fingerprint density at radius 3 is 0.568 bits per heavy atom. The molecule has 0 saturated carbocycles. The van der Waals surface area contributed by atoms with Crippen molar-refractivity contribution < 1.29 is 61.6 Å². The van der Waals surface area contributed by atoms with Gasteiger partial charge in [0.25, 0.3) is 0 Å². The lowest BCUT2D eigenvalue weighted by molar-refractivity contribution is -0.0289. The maximum absolute atomic E-state index is 5.48. The lowest BCUT2D eigenvalue weighted by Gasteiger charge is -2.09. The molecule has 0 unspecified atom stereocenters. The average Bonchev–Trinajstić information content (AvgIpc) is 3.04. The fraction of sp³-hybridized carbons (Fsp3) is 1.00. The van der Waals surface area contributed by atoms with Crippen molar-refractivity contribution in [2.75, 3.05) is 176 Å². The van der Waals surface area contributed by atoms with Crippen LogP contribution in [0, 0.1) is 0 Å². The van der Waals surface area contributed by atoms with Gasteiger partial charge in [-0.2, -0.15) is 0 Å². The first kappa shape index (κ1) is 44.2. The number of hydrogen-bond donors (Lipinski definition) is 0. The Labute approximate surface area is 279 Å². The summed E-state index contributed by atoms with van der Waals surface area (Å²) in [4.78, 5) is 0. The van der Waals surface area contributed by atoms with Crippen LogP contribution in [0.3, 0.4) is 0 Å². The normalized spacial score (nSPS) is 11.6. The predicted molar refractivity (Wildman–Crippen MR) is 174 cm³/mol. The summed E-state index contributed by atoms with van der Waals surface area (Å²) >= 11 is 2.28. The summed E-state index contributed by atoms with van der Waals surface area (Å²) < 4.78 is 71.8. The molecule has 0 amide bonds. The van der Waals surface area contributed by atoms with Crippen LogP contribution in [0.15, 0.2) is 0 Å². The van der Waals surface area contributed by atoms with Crippen LogP contribution in [-0.2, 0) is 61.6 Å². The molecule has 0 fully saturated rings. The van der Waals surface area contributed by atoms with E-state index in [1.807, 2.05) is 0 Å². The lowest BCUT2D eigenvalue weighted by Crippen LogP contribution is -2.15. The van der Waals surface area contributed by atoms with E-state index in [-0.39, 0.29) is 0 Å². The van der Waals surface area contributed by atoms with Crippen LogP contribution in [0.1, 0.15) is 19.8 Å². The first-order chi connectivity index (χ1) is 21.9. The highest BCUT2D eigenvalue weighted by Gasteiger charge is 1.97. The van der Waals surface area contributed by atoms with Crippen LogP contribution in [0.5, 0.6) is 0 Å². The van der Waals surface area contributed by atoms with Gasteiger partial charge in [-0.3, -0.25) is 0 Å². The molecule has 0 spiro atoms. The SMILES string of the molecule is CCCCOCCOCCOCCOCCOCCOCCOCCOCCOCCOCCOCCOCCOCCI. The molecule has 0 N–H and O–H groups in total. The van der Waals surface area contributed by atoms with Crippen molar-refractivity contribution in [1.82, 2.24) is 0 Å². The highest BCUT2D eigenvalue weighted by atomic mass is 127. The number of alkyl halides is 1. The molecule has 0 aromatic rings. The van der Waals surface area contributed by atoms with Gasteiger partial charge in [-0.05, 0) is 6.42 Å². The third-order valence-electron chi connectivity index (χ3n) is 5.33. The van der Waals surface area contributed by atoms with E-state index in [1.54, 1.807) is 0 Å². The third-order valence-corrected chi connectivity index (χ3v) is 5.77. The first-order valence-electron chi connectivity index (χ1n) is 16.0. The minimum Gasteiger partial charge on any atom is -0.379 e. The molecule has 0 aromatic heterocycles. The van der Waals surface area contributed by atoms with Gasteiger partial charge < -0.3 is 61.6 Å². The maximum Gasteiger partial charge on any atom is 0.0701 e. The van der Waals surface area contributed by atoms with Gasteiger partial charge in [0.05, 0.1) is 165 Å². The van der Waals surface area contributed by atoms with Crippen molar-refractivity contribution in [2.45, 2.75) is 19.8 Å². The molecule has 0 heterocycles. The summed E-state index contributed by atoms with van der Waals surface area (Å²) in [7, 11) is 0. The summed E-state index contributed by atoms with van der Waals surface area (Å²) in [5, 5.41) is 0. The molecule has 0 radical (unpaired) electrons. The molecule has 44 heavy (non-hydrogen) atoms. The fourth-order valence-corrected chi connectivity index (χ4v) is 3.35. The molecule has 14 heteroatoms. The van der Waals surface area contributed by atoms with E-state index in [0.717, 1.165) is 30.5 Å². The van der Waals surface area contributed by atoms with Crippen molar-refractivity contribution in [3.63, 3.8) is 0 Å². The minimum absolute atomic E-state index is 0.516. The zero-order valence-electron chi connectivity index (χ0n) is 27.2. The molecule has 0 rings (SSSR count). The molecule has 0 aromatic carbocycles. The molecular weight excluding hydrogens is 695 g/mol. The first-order valence-corrected chi connectivity index (χ1v) is 17.5. The minimum atomic E-state index is 0.516. The molecule has 0 aliphatic heterocycles. The zero-order valence-corrected chi connectivity index (χ0v) is 29.3. The fourth-order valence-electron chi connectivity index (χ4n) is 3.04. The number of rotatable bonds is 41. The van der Waals surface area contributed by atoms with Gasteiger partial charge >= 0.3 is 0 Å². The Hall–Kier alpha value is 0.210. The molecule has 0 bridgehead atoms. The monoisotopic (exact) mass is 756 g/mol. The van der Waals surface area contributed by atoms with Gasteiger partial charge in [-0.1, -0.05) is 35.9 Å². The van der Waals surface area contributed by atoms with Crippen molar-refractivity contribution in [3.05, 3.63) is 0 Å². The van der Waals surface area contributed by atoms with Gasteiger partial charge in [0.2, 0.25) is 0 Å². The summed E-state index contributed by atoms with van der Waals surface area (Å²) in [6, 6.07) is 0. The molecular formula is C30H61IO13. The Balaban J connectivity index is 3.03. The van der Waals surface area contributed by atoms with E-state index in [1.165, 1.54) is 0 Å². The average molecular weight is 757 g/mol. The van der Waals surface area contributed by atoms with Crippen LogP contribution in [-0.4, -0.2) is 176 Å².